The molecule has 0 aliphatic carbocycles. The third kappa shape index (κ3) is 1.62. The minimum Gasteiger partial charge on any atom is -0.391 e. The van der Waals surface area contributed by atoms with Crippen LogP contribution in [0.1, 0.15) is 23.7 Å². The highest BCUT2D eigenvalue weighted by molar-refractivity contribution is 7.95. The van der Waals surface area contributed by atoms with Crippen molar-refractivity contribution in [2.45, 2.75) is 18.2 Å². The van der Waals surface area contributed by atoms with E-state index in [0.29, 0.717) is 6.42 Å². The van der Waals surface area contributed by atoms with Crippen LogP contribution in [0.3, 0.4) is 0 Å². The Labute approximate surface area is 99.5 Å². The van der Waals surface area contributed by atoms with E-state index in [1.54, 1.807) is 19.1 Å². The van der Waals surface area contributed by atoms with Crippen molar-refractivity contribution in [2.24, 2.45) is 0 Å². The number of Topliss-reactive ketones (excluding diaryl/α,β-unsaturated/α-hetero) is 1. The van der Waals surface area contributed by atoms with Gasteiger partial charge >= 0.3 is 0 Å². The molecule has 1 aliphatic heterocycles. The van der Waals surface area contributed by atoms with Crippen LogP contribution in [0.15, 0.2) is 39.6 Å². The molecule has 0 fully saturated rings. The predicted molar refractivity (Wildman–Crippen MR) is 62.4 cm³/mol. The Balaban J connectivity index is 2.83. The summed E-state index contributed by atoms with van der Waals surface area (Å²) in [4.78, 5) is 11.9. The molecule has 1 aliphatic rings. The SMILES string of the molecule is CCC1=C(CO)S(=O)(=O)c2ccccc2C1=O. The van der Waals surface area contributed by atoms with Crippen molar-refractivity contribution in [3.05, 3.63) is 40.3 Å². The van der Waals surface area contributed by atoms with E-state index in [4.69, 9.17) is 0 Å². The highest BCUT2D eigenvalue weighted by Gasteiger charge is 2.35. The molecular formula is C12H12O4S. The first-order valence-corrected chi connectivity index (χ1v) is 6.74. The minimum atomic E-state index is -3.72. The molecule has 0 aromatic heterocycles. The third-order valence-electron chi connectivity index (χ3n) is 2.85. The maximum atomic E-state index is 12.2. The molecule has 0 unspecified atom stereocenters. The normalized spacial score (nSPS) is 18.1. The van der Waals surface area contributed by atoms with Gasteiger partial charge in [-0.3, -0.25) is 4.79 Å². The number of rotatable bonds is 2. The molecule has 2 rings (SSSR count). The molecule has 1 heterocycles. The number of aliphatic hydroxyl groups is 1. The largest absolute Gasteiger partial charge is 0.391 e. The van der Waals surface area contributed by atoms with Gasteiger partial charge < -0.3 is 5.11 Å². The number of carbonyl (C=O) groups excluding carboxylic acids is 1. The lowest BCUT2D eigenvalue weighted by Crippen LogP contribution is -2.23. The van der Waals surface area contributed by atoms with Crippen LogP contribution >= 0.6 is 0 Å². The molecule has 0 saturated heterocycles. The molecule has 5 heteroatoms. The third-order valence-corrected chi connectivity index (χ3v) is 4.81. The maximum Gasteiger partial charge on any atom is 0.206 e. The lowest BCUT2D eigenvalue weighted by atomic mass is 10.0. The number of hydrogen-bond acceptors (Lipinski definition) is 4. The first kappa shape index (κ1) is 12.0. The summed E-state index contributed by atoms with van der Waals surface area (Å²) in [6.45, 7) is 1.07. The van der Waals surface area contributed by atoms with E-state index in [9.17, 15) is 18.3 Å². The van der Waals surface area contributed by atoms with Crippen molar-refractivity contribution < 1.29 is 18.3 Å². The van der Waals surface area contributed by atoms with Crippen LogP contribution in [0.5, 0.6) is 0 Å². The summed E-state index contributed by atoms with van der Waals surface area (Å²) in [5.41, 5.74) is 0.382. The second kappa shape index (κ2) is 4.09. The summed E-state index contributed by atoms with van der Waals surface area (Å²) in [6.07, 6.45) is 0.294. The van der Waals surface area contributed by atoms with Crippen LogP contribution < -0.4 is 0 Å². The maximum absolute atomic E-state index is 12.2. The van der Waals surface area contributed by atoms with Crippen molar-refractivity contribution in [1.29, 1.82) is 0 Å². The second-order valence-electron chi connectivity index (χ2n) is 3.74. The summed E-state index contributed by atoms with van der Waals surface area (Å²) in [5, 5.41) is 9.18. The zero-order valence-corrected chi connectivity index (χ0v) is 10.1. The topological polar surface area (TPSA) is 71.4 Å². The van der Waals surface area contributed by atoms with Crippen molar-refractivity contribution in [1.82, 2.24) is 0 Å². The van der Waals surface area contributed by atoms with Gasteiger partial charge in [0.15, 0.2) is 5.78 Å². The molecule has 90 valence electrons. The molecule has 17 heavy (non-hydrogen) atoms. The van der Waals surface area contributed by atoms with Gasteiger partial charge in [0, 0.05) is 11.1 Å². The number of hydrogen-bond donors (Lipinski definition) is 1. The molecule has 0 radical (unpaired) electrons. The summed E-state index contributed by atoms with van der Waals surface area (Å²) in [5.74, 6) is -0.304. The zero-order valence-electron chi connectivity index (χ0n) is 9.30. The summed E-state index contributed by atoms with van der Waals surface area (Å²) >= 11 is 0. The Bertz CT molecular complexity index is 611. The predicted octanol–water partition coefficient (Wildman–Crippen LogP) is 1.31. The molecule has 0 spiro atoms. The van der Waals surface area contributed by atoms with Crippen molar-refractivity contribution in [2.75, 3.05) is 6.61 Å². The molecule has 1 aromatic carbocycles. The molecule has 0 amide bonds. The van der Waals surface area contributed by atoms with Gasteiger partial charge in [-0.2, -0.15) is 0 Å². The average Bonchev–Trinajstić information content (AvgIpc) is 2.33. The number of ketones is 1. The fourth-order valence-electron chi connectivity index (χ4n) is 2.01. The minimum absolute atomic E-state index is 0.00810. The average molecular weight is 252 g/mol. The number of benzene rings is 1. The summed E-state index contributed by atoms with van der Waals surface area (Å²) < 4.78 is 24.4. The van der Waals surface area contributed by atoms with Crippen LogP contribution in [0.2, 0.25) is 0 Å². The smallest absolute Gasteiger partial charge is 0.206 e. The van der Waals surface area contributed by atoms with E-state index in [-0.39, 0.29) is 26.7 Å². The van der Waals surface area contributed by atoms with Gasteiger partial charge in [0.1, 0.15) is 0 Å². The van der Waals surface area contributed by atoms with E-state index >= 15 is 0 Å². The summed E-state index contributed by atoms with van der Waals surface area (Å²) in [6, 6.07) is 6.09. The van der Waals surface area contributed by atoms with Crippen LogP contribution in [-0.4, -0.2) is 25.9 Å². The molecular weight excluding hydrogens is 240 g/mol. The van der Waals surface area contributed by atoms with Crippen molar-refractivity contribution in [3.8, 4) is 0 Å². The van der Waals surface area contributed by atoms with E-state index in [0.717, 1.165) is 0 Å². The Hall–Kier alpha value is -1.46. The van der Waals surface area contributed by atoms with Crippen LogP contribution in [-0.2, 0) is 9.84 Å². The zero-order chi connectivity index (χ0) is 12.6. The van der Waals surface area contributed by atoms with E-state index < -0.39 is 16.4 Å². The number of allylic oxidation sites excluding steroid dienone is 1. The van der Waals surface area contributed by atoms with E-state index in [1.807, 2.05) is 0 Å². The Kier molecular flexibility index (Phi) is 2.89. The standard InChI is InChI=1S/C12H12O4S/c1-2-8-11(7-13)17(15,16)10-6-4-3-5-9(10)12(8)14/h3-6,13H,2,7H2,1H3. The van der Waals surface area contributed by atoms with Gasteiger partial charge in [-0.15, -0.1) is 0 Å². The van der Waals surface area contributed by atoms with Gasteiger partial charge in [0.2, 0.25) is 9.84 Å². The molecule has 0 saturated carbocycles. The van der Waals surface area contributed by atoms with Crippen LogP contribution in [0.4, 0.5) is 0 Å². The molecule has 0 atom stereocenters. The van der Waals surface area contributed by atoms with Gasteiger partial charge in [-0.1, -0.05) is 19.1 Å². The monoisotopic (exact) mass is 252 g/mol. The van der Waals surface area contributed by atoms with Crippen molar-refractivity contribution in [3.63, 3.8) is 0 Å². The summed E-state index contributed by atoms with van der Waals surface area (Å²) in [7, 11) is -3.72. The van der Waals surface area contributed by atoms with Gasteiger partial charge in [-0.05, 0) is 18.6 Å². The second-order valence-corrected chi connectivity index (χ2v) is 5.68. The van der Waals surface area contributed by atoms with Gasteiger partial charge in [0.05, 0.1) is 16.4 Å². The van der Waals surface area contributed by atoms with Gasteiger partial charge in [-0.25, -0.2) is 8.42 Å². The number of sulfone groups is 1. The number of carbonyl (C=O) groups is 1. The van der Waals surface area contributed by atoms with E-state index in [1.165, 1.54) is 12.1 Å². The van der Waals surface area contributed by atoms with E-state index in [2.05, 4.69) is 0 Å². The fourth-order valence-corrected chi connectivity index (χ4v) is 3.72. The lowest BCUT2D eigenvalue weighted by molar-refractivity contribution is 0.102. The quantitative estimate of drug-likeness (QED) is 0.861. The number of fused-ring (bicyclic) bond motifs is 1. The molecule has 4 nitrogen and oxygen atoms in total. The molecule has 0 bridgehead atoms. The molecule has 1 aromatic rings. The Morgan fingerprint density at radius 1 is 1.24 bits per heavy atom. The van der Waals surface area contributed by atoms with Crippen LogP contribution in [0, 0.1) is 0 Å². The highest BCUT2D eigenvalue weighted by atomic mass is 32.2. The fraction of sp³-hybridized carbons (Fsp3) is 0.250. The van der Waals surface area contributed by atoms with Gasteiger partial charge in [0.25, 0.3) is 0 Å². The molecule has 1 N–H and O–H groups in total. The first-order valence-electron chi connectivity index (χ1n) is 5.25. The van der Waals surface area contributed by atoms with Crippen LogP contribution in [0.25, 0.3) is 0 Å². The lowest BCUT2D eigenvalue weighted by Gasteiger charge is -2.20. The van der Waals surface area contributed by atoms with Crippen molar-refractivity contribution >= 4 is 15.6 Å². The Morgan fingerprint density at radius 3 is 2.47 bits per heavy atom. The highest BCUT2D eigenvalue weighted by Crippen LogP contribution is 2.33. The first-order chi connectivity index (χ1) is 8.04. The Morgan fingerprint density at radius 2 is 1.88 bits per heavy atom. The number of aliphatic hydroxyl groups excluding tert-OH is 1.